The van der Waals surface area contributed by atoms with Gasteiger partial charge in [0.2, 0.25) is 5.88 Å². The van der Waals surface area contributed by atoms with Crippen LogP contribution in [0.4, 0.5) is 0 Å². The van der Waals surface area contributed by atoms with Gasteiger partial charge in [-0.2, -0.15) is 0 Å². The molecular weight excluding hydrogens is 266 g/mol. The Hall–Kier alpha value is -2.43. The van der Waals surface area contributed by atoms with Gasteiger partial charge in [0.25, 0.3) is 5.91 Å². The number of rotatable bonds is 5. The first-order valence-electron chi connectivity index (χ1n) is 6.87. The zero-order chi connectivity index (χ0) is 15.2. The number of benzene rings is 1. The summed E-state index contributed by atoms with van der Waals surface area (Å²) in [7, 11) is 1.54. The van der Waals surface area contributed by atoms with Crippen molar-refractivity contribution in [3.8, 4) is 17.1 Å². The summed E-state index contributed by atoms with van der Waals surface area (Å²) in [5.74, 6) is 0.749. The van der Waals surface area contributed by atoms with Gasteiger partial charge in [-0.1, -0.05) is 32.0 Å². The van der Waals surface area contributed by atoms with E-state index in [0.29, 0.717) is 29.6 Å². The highest BCUT2D eigenvalue weighted by molar-refractivity contribution is 6.00. The maximum Gasteiger partial charge on any atom is 0.251 e. The SMILES string of the molecule is COc1ccc(-c2ccccc2C(=O)NCC(C)C)nn1. The van der Waals surface area contributed by atoms with E-state index < -0.39 is 0 Å². The maximum atomic E-state index is 12.3. The second-order valence-electron chi connectivity index (χ2n) is 5.11. The number of hydrogen-bond donors (Lipinski definition) is 1. The molecule has 5 nitrogen and oxygen atoms in total. The molecule has 0 saturated carbocycles. The second-order valence-corrected chi connectivity index (χ2v) is 5.11. The lowest BCUT2D eigenvalue weighted by Gasteiger charge is -2.11. The van der Waals surface area contributed by atoms with Crippen LogP contribution in [-0.4, -0.2) is 29.8 Å². The van der Waals surface area contributed by atoms with Crippen LogP contribution in [0.2, 0.25) is 0 Å². The molecule has 1 aromatic heterocycles. The highest BCUT2D eigenvalue weighted by Crippen LogP contribution is 2.22. The summed E-state index contributed by atoms with van der Waals surface area (Å²) < 4.78 is 4.99. The predicted molar refractivity (Wildman–Crippen MR) is 81.2 cm³/mol. The third kappa shape index (κ3) is 3.78. The van der Waals surface area contributed by atoms with Crippen molar-refractivity contribution in [2.45, 2.75) is 13.8 Å². The molecule has 0 saturated heterocycles. The van der Waals surface area contributed by atoms with Gasteiger partial charge in [-0.05, 0) is 18.1 Å². The van der Waals surface area contributed by atoms with Crippen LogP contribution in [0.25, 0.3) is 11.3 Å². The highest BCUT2D eigenvalue weighted by Gasteiger charge is 2.13. The van der Waals surface area contributed by atoms with E-state index in [0.717, 1.165) is 5.56 Å². The lowest BCUT2D eigenvalue weighted by atomic mass is 10.0. The van der Waals surface area contributed by atoms with Crippen LogP contribution in [0, 0.1) is 5.92 Å². The number of hydrogen-bond acceptors (Lipinski definition) is 4. The van der Waals surface area contributed by atoms with Gasteiger partial charge >= 0.3 is 0 Å². The number of carbonyl (C=O) groups excluding carboxylic acids is 1. The fourth-order valence-corrected chi connectivity index (χ4v) is 1.87. The van der Waals surface area contributed by atoms with E-state index in [2.05, 4.69) is 29.4 Å². The summed E-state index contributed by atoms with van der Waals surface area (Å²) in [4.78, 5) is 12.3. The van der Waals surface area contributed by atoms with Crippen molar-refractivity contribution in [3.63, 3.8) is 0 Å². The molecule has 0 spiro atoms. The first-order chi connectivity index (χ1) is 10.1. The topological polar surface area (TPSA) is 64.1 Å². The van der Waals surface area contributed by atoms with Gasteiger partial charge in [0.1, 0.15) is 0 Å². The Kier molecular flexibility index (Phi) is 4.87. The molecule has 0 aliphatic carbocycles. The molecule has 1 amide bonds. The van der Waals surface area contributed by atoms with Crippen LogP contribution in [0.15, 0.2) is 36.4 Å². The van der Waals surface area contributed by atoms with Gasteiger partial charge in [0.05, 0.1) is 12.8 Å². The molecule has 0 aliphatic heterocycles. The van der Waals surface area contributed by atoms with Gasteiger partial charge in [-0.15, -0.1) is 10.2 Å². The van der Waals surface area contributed by atoms with Crippen molar-refractivity contribution in [3.05, 3.63) is 42.0 Å². The Morgan fingerprint density at radius 2 is 1.95 bits per heavy atom. The van der Waals surface area contributed by atoms with Crippen LogP contribution in [0.3, 0.4) is 0 Å². The molecule has 0 bridgehead atoms. The molecule has 2 rings (SSSR count). The Bertz CT molecular complexity index is 609. The Labute approximate surface area is 124 Å². The van der Waals surface area contributed by atoms with Gasteiger partial charge < -0.3 is 10.1 Å². The summed E-state index contributed by atoms with van der Waals surface area (Å²) >= 11 is 0. The summed E-state index contributed by atoms with van der Waals surface area (Å²) in [6.07, 6.45) is 0. The molecule has 1 N–H and O–H groups in total. The van der Waals surface area contributed by atoms with Crippen LogP contribution in [0.5, 0.6) is 5.88 Å². The fraction of sp³-hybridized carbons (Fsp3) is 0.312. The molecule has 110 valence electrons. The van der Waals surface area contributed by atoms with E-state index in [-0.39, 0.29) is 5.91 Å². The minimum absolute atomic E-state index is 0.100. The number of aromatic nitrogens is 2. The molecule has 0 aliphatic rings. The third-order valence-corrected chi connectivity index (χ3v) is 2.97. The van der Waals surface area contributed by atoms with E-state index >= 15 is 0 Å². The molecule has 0 unspecified atom stereocenters. The normalized spacial score (nSPS) is 10.5. The predicted octanol–water partition coefficient (Wildman–Crippen LogP) is 2.54. The summed E-state index contributed by atoms with van der Waals surface area (Å²) in [6.45, 7) is 4.75. The van der Waals surface area contributed by atoms with E-state index in [1.807, 2.05) is 18.2 Å². The van der Waals surface area contributed by atoms with Crippen molar-refractivity contribution >= 4 is 5.91 Å². The number of nitrogens with one attached hydrogen (secondary N) is 1. The molecule has 1 heterocycles. The van der Waals surface area contributed by atoms with Crippen molar-refractivity contribution in [1.29, 1.82) is 0 Å². The van der Waals surface area contributed by atoms with Crippen molar-refractivity contribution in [2.75, 3.05) is 13.7 Å². The summed E-state index contributed by atoms with van der Waals surface area (Å²) in [5.41, 5.74) is 2.00. The van der Waals surface area contributed by atoms with Crippen LogP contribution < -0.4 is 10.1 Å². The molecule has 0 fully saturated rings. The standard InChI is InChI=1S/C16H19N3O2/c1-11(2)10-17-16(20)13-7-5-4-6-12(13)14-8-9-15(21-3)19-18-14/h4-9,11H,10H2,1-3H3,(H,17,20). The Morgan fingerprint density at radius 3 is 2.57 bits per heavy atom. The van der Waals surface area contributed by atoms with E-state index in [4.69, 9.17) is 4.74 Å². The van der Waals surface area contributed by atoms with Crippen LogP contribution >= 0.6 is 0 Å². The number of methoxy groups -OCH3 is 1. The molecule has 21 heavy (non-hydrogen) atoms. The number of nitrogens with zero attached hydrogens (tertiary/aromatic N) is 2. The average molecular weight is 285 g/mol. The van der Waals surface area contributed by atoms with Gasteiger partial charge in [-0.25, -0.2) is 0 Å². The number of ether oxygens (including phenoxy) is 1. The first-order valence-corrected chi connectivity index (χ1v) is 6.87. The van der Waals surface area contributed by atoms with E-state index in [1.54, 1.807) is 18.2 Å². The smallest absolute Gasteiger partial charge is 0.251 e. The summed E-state index contributed by atoms with van der Waals surface area (Å²) in [5, 5.41) is 11.0. The minimum atomic E-state index is -0.100. The third-order valence-electron chi connectivity index (χ3n) is 2.97. The Balaban J connectivity index is 2.29. The molecular formula is C16H19N3O2. The van der Waals surface area contributed by atoms with Crippen LogP contribution in [-0.2, 0) is 0 Å². The van der Waals surface area contributed by atoms with Crippen LogP contribution in [0.1, 0.15) is 24.2 Å². The average Bonchev–Trinajstić information content (AvgIpc) is 2.52. The molecule has 5 heteroatoms. The zero-order valence-corrected chi connectivity index (χ0v) is 12.5. The fourth-order valence-electron chi connectivity index (χ4n) is 1.87. The lowest BCUT2D eigenvalue weighted by molar-refractivity contribution is 0.0949. The van der Waals surface area contributed by atoms with Crippen molar-refractivity contribution in [1.82, 2.24) is 15.5 Å². The van der Waals surface area contributed by atoms with Gasteiger partial charge in [0.15, 0.2) is 0 Å². The number of carbonyl (C=O) groups is 1. The molecule has 0 atom stereocenters. The van der Waals surface area contributed by atoms with E-state index in [1.165, 1.54) is 7.11 Å². The largest absolute Gasteiger partial charge is 0.480 e. The minimum Gasteiger partial charge on any atom is -0.480 e. The van der Waals surface area contributed by atoms with Gasteiger partial charge in [0, 0.05) is 23.7 Å². The second kappa shape index (κ2) is 6.83. The monoisotopic (exact) mass is 285 g/mol. The quantitative estimate of drug-likeness (QED) is 0.917. The lowest BCUT2D eigenvalue weighted by Crippen LogP contribution is -2.27. The number of amides is 1. The molecule has 0 radical (unpaired) electrons. The summed E-state index contributed by atoms with van der Waals surface area (Å²) in [6, 6.07) is 10.9. The first kappa shape index (κ1) is 15.0. The molecule has 2 aromatic rings. The Morgan fingerprint density at radius 1 is 1.19 bits per heavy atom. The maximum absolute atomic E-state index is 12.3. The zero-order valence-electron chi connectivity index (χ0n) is 12.5. The van der Waals surface area contributed by atoms with Gasteiger partial charge in [-0.3, -0.25) is 4.79 Å². The van der Waals surface area contributed by atoms with E-state index in [9.17, 15) is 4.79 Å². The van der Waals surface area contributed by atoms with Crippen molar-refractivity contribution < 1.29 is 9.53 Å². The van der Waals surface area contributed by atoms with Crippen molar-refractivity contribution in [2.24, 2.45) is 5.92 Å². The molecule has 1 aromatic carbocycles. The highest BCUT2D eigenvalue weighted by atomic mass is 16.5.